The predicted molar refractivity (Wildman–Crippen MR) is 75.5 cm³/mol. The quantitative estimate of drug-likeness (QED) is 0.640. The molecule has 20 heavy (non-hydrogen) atoms. The highest BCUT2D eigenvalue weighted by molar-refractivity contribution is 9.10. The number of amides is 2. The van der Waals surface area contributed by atoms with E-state index >= 15 is 0 Å². The molecule has 6 nitrogen and oxygen atoms in total. The average molecular weight is 343 g/mol. The monoisotopic (exact) mass is 342 g/mol. The van der Waals surface area contributed by atoms with Crippen LogP contribution in [0, 0.1) is 5.92 Å². The number of hydrazine groups is 1. The second-order valence-electron chi connectivity index (χ2n) is 4.24. The number of benzene rings is 1. The SMILES string of the molecule is CC(C)C(=O)OCC(=O)NNC(=O)c1ccccc1Br. The zero-order valence-corrected chi connectivity index (χ0v) is 12.7. The number of halogens is 1. The van der Waals surface area contributed by atoms with E-state index in [-0.39, 0.29) is 5.92 Å². The molecule has 0 spiro atoms. The van der Waals surface area contributed by atoms with Crippen LogP contribution in [-0.2, 0) is 14.3 Å². The maximum Gasteiger partial charge on any atom is 0.308 e. The van der Waals surface area contributed by atoms with E-state index in [1.54, 1.807) is 38.1 Å². The molecule has 0 aliphatic rings. The van der Waals surface area contributed by atoms with Gasteiger partial charge in [-0.1, -0.05) is 26.0 Å². The molecule has 2 N–H and O–H groups in total. The summed E-state index contributed by atoms with van der Waals surface area (Å²) in [5.74, 6) is -1.87. The molecule has 1 aromatic rings. The van der Waals surface area contributed by atoms with Gasteiger partial charge in [0.1, 0.15) is 0 Å². The Morgan fingerprint density at radius 2 is 1.85 bits per heavy atom. The first-order valence-electron chi connectivity index (χ1n) is 5.92. The molecule has 0 saturated heterocycles. The summed E-state index contributed by atoms with van der Waals surface area (Å²) in [6.45, 7) is 2.89. The Morgan fingerprint density at radius 3 is 2.45 bits per heavy atom. The first-order chi connectivity index (χ1) is 9.41. The van der Waals surface area contributed by atoms with Crippen molar-refractivity contribution in [1.82, 2.24) is 10.9 Å². The fourth-order valence-electron chi connectivity index (χ4n) is 1.18. The molecule has 1 aromatic carbocycles. The van der Waals surface area contributed by atoms with E-state index in [1.165, 1.54) is 0 Å². The molecular weight excluding hydrogens is 328 g/mol. The second kappa shape index (κ2) is 7.64. The zero-order chi connectivity index (χ0) is 15.1. The summed E-state index contributed by atoms with van der Waals surface area (Å²) in [5, 5.41) is 0. The maximum atomic E-state index is 11.8. The van der Waals surface area contributed by atoms with Crippen LogP contribution in [0.5, 0.6) is 0 Å². The van der Waals surface area contributed by atoms with Gasteiger partial charge in [0.2, 0.25) is 0 Å². The Labute approximate surface area is 125 Å². The molecule has 0 radical (unpaired) electrons. The lowest BCUT2D eigenvalue weighted by atomic mass is 10.2. The topological polar surface area (TPSA) is 84.5 Å². The third-order valence-corrected chi connectivity index (χ3v) is 2.94. The van der Waals surface area contributed by atoms with Gasteiger partial charge in [-0.15, -0.1) is 0 Å². The van der Waals surface area contributed by atoms with Crippen LogP contribution in [0.1, 0.15) is 24.2 Å². The minimum absolute atomic E-state index is 0.308. The Kier molecular flexibility index (Phi) is 6.17. The zero-order valence-electron chi connectivity index (χ0n) is 11.1. The van der Waals surface area contributed by atoms with Gasteiger partial charge >= 0.3 is 5.97 Å². The molecule has 2 amide bonds. The van der Waals surface area contributed by atoms with Crippen molar-refractivity contribution in [2.45, 2.75) is 13.8 Å². The van der Waals surface area contributed by atoms with E-state index in [9.17, 15) is 14.4 Å². The number of ether oxygens (including phenoxy) is 1. The molecule has 1 rings (SSSR count). The average Bonchev–Trinajstić information content (AvgIpc) is 2.42. The molecule has 0 bridgehead atoms. The maximum absolute atomic E-state index is 11.8. The van der Waals surface area contributed by atoms with E-state index in [0.717, 1.165) is 0 Å². The molecule has 0 heterocycles. The minimum Gasteiger partial charge on any atom is -0.455 e. The largest absolute Gasteiger partial charge is 0.455 e. The molecule has 0 saturated carbocycles. The molecule has 0 aromatic heterocycles. The van der Waals surface area contributed by atoms with Crippen LogP contribution < -0.4 is 10.9 Å². The van der Waals surface area contributed by atoms with E-state index in [1.807, 2.05) is 0 Å². The first-order valence-corrected chi connectivity index (χ1v) is 6.71. The Morgan fingerprint density at radius 1 is 1.20 bits per heavy atom. The van der Waals surface area contributed by atoms with Crippen molar-refractivity contribution in [3.63, 3.8) is 0 Å². The van der Waals surface area contributed by atoms with Gasteiger partial charge in [-0.3, -0.25) is 25.2 Å². The third-order valence-electron chi connectivity index (χ3n) is 2.25. The highest BCUT2D eigenvalue weighted by atomic mass is 79.9. The van der Waals surface area contributed by atoms with Crippen LogP contribution >= 0.6 is 15.9 Å². The van der Waals surface area contributed by atoms with Crippen LogP contribution in [-0.4, -0.2) is 24.4 Å². The number of hydrogen-bond acceptors (Lipinski definition) is 4. The lowest BCUT2D eigenvalue weighted by Gasteiger charge is -2.09. The van der Waals surface area contributed by atoms with Gasteiger partial charge < -0.3 is 4.74 Å². The van der Waals surface area contributed by atoms with E-state index < -0.39 is 24.4 Å². The molecule has 0 aliphatic carbocycles. The molecule has 108 valence electrons. The molecule has 0 fully saturated rings. The number of carbonyl (C=O) groups is 3. The Bertz CT molecular complexity index is 517. The molecule has 0 atom stereocenters. The summed E-state index contributed by atoms with van der Waals surface area (Å²) in [6.07, 6.45) is 0. The van der Waals surface area contributed by atoms with Crippen LogP contribution in [0.4, 0.5) is 0 Å². The number of carbonyl (C=O) groups excluding carboxylic acids is 3. The summed E-state index contributed by atoms with van der Waals surface area (Å²) in [5.41, 5.74) is 4.78. The van der Waals surface area contributed by atoms with Crippen molar-refractivity contribution >= 4 is 33.7 Å². The van der Waals surface area contributed by atoms with Crippen LogP contribution in [0.2, 0.25) is 0 Å². The number of hydrogen-bond donors (Lipinski definition) is 2. The van der Waals surface area contributed by atoms with Gasteiger partial charge in [0, 0.05) is 4.47 Å². The van der Waals surface area contributed by atoms with Gasteiger partial charge in [0.15, 0.2) is 6.61 Å². The van der Waals surface area contributed by atoms with E-state index in [0.29, 0.717) is 10.0 Å². The normalized spacial score (nSPS) is 10.0. The fourth-order valence-corrected chi connectivity index (χ4v) is 1.64. The lowest BCUT2D eigenvalue weighted by Crippen LogP contribution is -2.43. The van der Waals surface area contributed by atoms with Crippen molar-refractivity contribution in [3.8, 4) is 0 Å². The standard InChI is InChI=1S/C13H15BrN2O4/c1-8(2)13(19)20-7-11(17)15-16-12(18)9-5-3-4-6-10(9)14/h3-6,8H,7H2,1-2H3,(H,15,17)(H,16,18). The summed E-state index contributed by atoms with van der Waals surface area (Å²) in [7, 11) is 0. The Balaban J connectivity index is 2.40. The number of rotatable bonds is 4. The van der Waals surface area contributed by atoms with Crippen molar-refractivity contribution < 1.29 is 19.1 Å². The highest BCUT2D eigenvalue weighted by Gasteiger charge is 2.13. The van der Waals surface area contributed by atoms with E-state index in [2.05, 4.69) is 26.8 Å². The molecular formula is C13H15BrN2O4. The molecule has 7 heteroatoms. The van der Waals surface area contributed by atoms with Gasteiger partial charge in [0.25, 0.3) is 11.8 Å². The summed E-state index contributed by atoms with van der Waals surface area (Å²) < 4.78 is 5.32. The second-order valence-corrected chi connectivity index (χ2v) is 5.10. The van der Waals surface area contributed by atoms with Gasteiger partial charge in [-0.05, 0) is 28.1 Å². The van der Waals surface area contributed by atoms with Crippen molar-refractivity contribution in [2.75, 3.05) is 6.61 Å². The third kappa shape index (κ3) is 5.00. The van der Waals surface area contributed by atoms with E-state index in [4.69, 9.17) is 4.74 Å². The summed E-state index contributed by atoms with van der Waals surface area (Å²) >= 11 is 3.23. The number of esters is 1. The van der Waals surface area contributed by atoms with Crippen molar-refractivity contribution in [1.29, 1.82) is 0 Å². The summed E-state index contributed by atoms with van der Waals surface area (Å²) in [4.78, 5) is 34.3. The first kappa shape index (κ1) is 16.2. The van der Waals surface area contributed by atoms with Crippen molar-refractivity contribution in [2.24, 2.45) is 5.92 Å². The number of nitrogens with one attached hydrogen (secondary N) is 2. The summed E-state index contributed by atoms with van der Waals surface area (Å²) in [6, 6.07) is 6.78. The van der Waals surface area contributed by atoms with Gasteiger partial charge in [0.05, 0.1) is 11.5 Å². The van der Waals surface area contributed by atoms with Crippen LogP contribution in [0.15, 0.2) is 28.7 Å². The lowest BCUT2D eigenvalue weighted by molar-refractivity contribution is -0.151. The van der Waals surface area contributed by atoms with Crippen LogP contribution in [0.25, 0.3) is 0 Å². The molecule has 0 unspecified atom stereocenters. The minimum atomic E-state index is -0.612. The van der Waals surface area contributed by atoms with Gasteiger partial charge in [-0.25, -0.2) is 0 Å². The van der Waals surface area contributed by atoms with Crippen LogP contribution in [0.3, 0.4) is 0 Å². The van der Waals surface area contributed by atoms with Gasteiger partial charge in [-0.2, -0.15) is 0 Å². The highest BCUT2D eigenvalue weighted by Crippen LogP contribution is 2.14. The fraction of sp³-hybridized carbons (Fsp3) is 0.308. The molecule has 0 aliphatic heterocycles. The smallest absolute Gasteiger partial charge is 0.308 e. The van der Waals surface area contributed by atoms with Crippen molar-refractivity contribution in [3.05, 3.63) is 34.3 Å². The predicted octanol–water partition coefficient (Wildman–Crippen LogP) is 1.41. The Hall–Kier alpha value is -1.89.